The van der Waals surface area contributed by atoms with E-state index in [1.807, 2.05) is 0 Å². The predicted octanol–water partition coefficient (Wildman–Crippen LogP) is -0.346. The molecular formula is C7H9N3O3. The highest BCUT2D eigenvalue weighted by atomic mass is 16.5. The van der Waals surface area contributed by atoms with E-state index in [0.717, 1.165) is 0 Å². The van der Waals surface area contributed by atoms with Crippen molar-refractivity contribution in [2.45, 2.75) is 13.5 Å². The summed E-state index contributed by atoms with van der Waals surface area (Å²) in [6.45, 7) is 1.55. The third kappa shape index (κ3) is 2.36. The number of carbonyl (C=O) groups is 2. The van der Waals surface area contributed by atoms with E-state index in [-0.39, 0.29) is 18.0 Å². The Labute approximate surface area is 74.5 Å². The monoisotopic (exact) mass is 183 g/mol. The second-order valence-electron chi connectivity index (χ2n) is 2.49. The van der Waals surface area contributed by atoms with Crippen molar-refractivity contribution in [1.82, 2.24) is 15.0 Å². The van der Waals surface area contributed by atoms with Gasteiger partial charge in [0.2, 0.25) is 0 Å². The number of ether oxygens (including phenoxy) is 1. The van der Waals surface area contributed by atoms with Gasteiger partial charge in [0.15, 0.2) is 11.5 Å². The van der Waals surface area contributed by atoms with Crippen molar-refractivity contribution in [3.8, 4) is 0 Å². The van der Waals surface area contributed by atoms with Gasteiger partial charge in [-0.25, -0.2) is 9.48 Å². The maximum Gasteiger partial charge on any atom is 0.360 e. The Hall–Kier alpha value is -1.72. The summed E-state index contributed by atoms with van der Waals surface area (Å²) in [4.78, 5) is 21.5. The Morgan fingerprint density at radius 2 is 2.31 bits per heavy atom. The average molecular weight is 183 g/mol. The molecule has 0 aliphatic rings. The van der Waals surface area contributed by atoms with E-state index in [2.05, 4.69) is 15.0 Å². The van der Waals surface area contributed by atoms with Crippen LogP contribution in [0, 0.1) is 0 Å². The van der Waals surface area contributed by atoms with Crippen LogP contribution >= 0.6 is 0 Å². The SMILES string of the molecule is COC(=O)c1cn(CC(C)=O)nn1. The van der Waals surface area contributed by atoms with Gasteiger partial charge < -0.3 is 4.74 Å². The van der Waals surface area contributed by atoms with E-state index in [1.165, 1.54) is 24.9 Å². The molecule has 1 rings (SSSR count). The Morgan fingerprint density at radius 3 is 2.85 bits per heavy atom. The van der Waals surface area contributed by atoms with Gasteiger partial charge in [0.25, 0.3) is 0 Å². The minimum Gasteiger partial charge on any atom is -0.464 e. The summed E-state index contributed by atoms with van der Waals surface area (Å²) in [5.74, 6) is -0.615. The largest absolute Gasteiger partial charge is 0.464 e. The fraction of sp³-hybridized carbons (Fsp3) is 0.429. The second kappa shape index (κ2) is 3.79. The molecule has 6 nitrogen and oxygen atoms in total. The number of ketones is 1. The molecule has 0 aromatic carbocycles. The van der Waals surface area contributed by atoms with Crippen LogP contribution in [0.1, 0.15) is 17.4 Å². The van der Waals surface area contributed by atoms with Crippen LogP contribution in [0.5, 0.6) is 0 Å². The molecule has 13 heavy (non-hydrogen) atoms. The molecule has 6 heteroatoms. The van der Waals surface area contributed by atoms with Gasteiger partial charge in [0.05, 0.1) is 13.3 Å². The number of aromatic nitrogens is 3. The van der Waals surface area contributed by atoms with Crippen molar-refractivity contribution in [2.24, 2.45) is 0 Å². The third-order valence-electron chi connectivity index (χ3n) is 1.32. The van der Waals surface area contributed by atoms with Crippen LogP contribution < -0.4 is 0 Å². The molecule has 70 valence electrons. The first-order chi connectivity index (χ1) is 6.13. The molecule has 0 saturated carbocycles. The average Bonchev–Trinajstić information content (AvgIpc) is 2.50. The number of carbonyl (C=O) groups excluding carboxylic acids is 2. The van der Waals surface area contributed by atoms with Crippen molar-refractivity contribution in [2.75, 3.05) is 7.11 Å². The number of nitrogens with zero attached hydrogens (tertiary/aromatic N) is 3. The fourth-order valence-electron chi connectivity index (χ4n) is 0.802. The van der Waals surface area contributed by atoms with E-state index >= 15 is 0 Å². The first-order valence-corrected chi connectivity index (χ1v) is 3.61. The Bertz CT molecular complexity index is 331. The number of Topliss-reactive ketones (excluding diaryl/α,β-unsaturated/α-hetero) is 1. The van der Waals surface area contributed by atoms with Gasteiger partial charge in [0.1, 0.15) is 6.54 Å². The van der Waals surface area contributed by atoms with Crippen LogP contribution in [0.3, 0.4) is 0 Å². The van der Waals surface area contributed by atoms with E-state index in [9.17, 15) is 9.59 Å². The maximum atomic E-state index is 10.9. The van der Waals surface area contributed by atoms with Crippen LogP contribution in [0.4, 0.5) is 0 Å². The van der Waals surface area contributed by atoms with Gasteiger partial charge in [-0.2, -0.15) is 0 Å². The Balaban J connectivity index is 2.74. The van der Waals surface area contributed by atoms with Crippen molar-refractivity contribution < 1.29 is 14.3 Å². The highest BCUT2D eigenvalue weighted by molar-refractivity contribution is 5.86. The second-order valence-corrected chi connectivity index (χ2v) is 2.49. The molecule has 0 radical (unpaired) electrons. The van der Waals surface area contributed by atoms with E-state index in [4.69, 9.17) is 0 Å². The minimum absolute atomic E-state index is 0.0543. The molecule has 0 bridgehead atoms. The first kappa shape index (κ1) is 9.37. The molecule has 0 spiro atoms. The van der Waals surface area contributed by atoms with Gasteiger partial charge in [-0.15, -0.1) is 5.10 Å². The standard InChI is InChI=1S/C7H9N3O3/c1-5(11)3-10-4-6(8-9-10)7(12)13-2/h4H,3H2,1-2H3. The molecule has 1 aromatic heterocycles. The Morgan fingerprint density at radius 1 is 1.62 bits per heavy atom. The van der Waals surface area contributed by atoms with E-state index in [0.29, 0.717) is 0 Å². The summed E-state index contributed by atoms with van der Waals surface area (Å²) in [5.41, 5.74) is 0.101. The lowest BCUT2D eigenvalue weighted by Gasteiger charge is -1.92. The molecular weight excluding hydrogens is 174 g/mol. The zero-order valence-corrected chi connectivity index (χ0v) is 7.35. The smallest absolute Gasteiger partial charge is 0.360 e. The summed E-state index contributed by atoms with van der Waals surface area (Å²) in [7, 11) is 1.26. The van der Waals surface area contributed by atoms with Crippen LogP contribution in [0.15, 0.2) is 6.20 Å². The van der Waals surface area contributed by atoms with Crippen molar-refractivity contribution >= 4 is 11.8 Å². The number of hydrogen-bond donors (Lipinski definition) is 0. The summed E-state index contributed by atoms with van der Waals surface area (Å²) < 4.78 is 5.70. The lowest BCUT2D eigenvalue weighted by atomic mass is 10.4. The number of rotatable bonds is 3. The molecule has 1 heterocycles. The maximum absolute atomic E-state index is 10.9. The summed E-state index contributed by atoms with van der Waals surface area (Å²) in [6, 6.07) is 0. The van der Waals surface area contributed by atoms with Gasteiger partial charge in [-0.05, 0) is 6.92 Å². The molecule has 0 aliphatic heterocycles. The molecule has 0 amide bonds. The number of methoxy groups -OCH3 is 1. The first-order valence-electron chi connectivity index (χ1n) is 3.61. The normalized spacial score (nSPS) is 9.69. The summed E-state index contributed by atoms with van der Waals surface area (Å²) in [6.07, 6.45) is 1.37. The van der Waals surface area contributed by atoms with Crippen LogP contribution in [-0.2, 0) is 16.1 Å². The summed E-state index contributed by atoms with van der Waals surface area (Å²) in [5, 5.41) is 7.10. The van der Waals surface area contributed by atoms with Crippen molar-refractivity contribution in [3.63, 3.8) is 0 Å². The number of hydrogen-bond acceptors (Lipinski definition) is 5. The third-order valence-corrected chi connectivity index (χ3v) is 1.32. The van der Waals surface area contributed by atoms with E-state index in [1.54, 1.807) is 0 Å². The van der Waals surface area contributed by atoms with Gasteiger partial charge in [-0.1, -0.05) is 5.21 Å². The highest BCUT2D eigenvalue weighted by Gasteiger charge is 2.10. The lowest BCUT2D eigenvalue weighted by Crippen LogP contribution is -2.06. The molecule has 1 aromatic rings. The quantitative estimate of drug-likeness (QED) is 0.599. The number of esters is 1. The fourth-order valence-corrected chi connectivity index (χ4v) is 0.802. The van der Waals surface area contributed by atoms with Crippen LogP contribution in [-0.4, -0.2) is 33.9 Å². The predicted molar refractivity (Wildman–Crippen MR) is 42.0 cm³/mol. The molecule has 0 saturated heterocycles. The van der Waals surface area contributed by atoms with Crippen LogP contribution in [0.25, 0.3) is 0 Å². The zero-order chi connectivity index (χ0) is 9.84. The molecule has 0 aliphatic carbocycles. The van der Waals surface area contributed by atoms with Gasteiger partial charge in [0, 0.05) is 0 Å². The molecule has 0 unspecified atom stereocenters. The van der Waals surface area contributed by atoms with Crippen LogP contribution in [0.2, 0.25) is 0 Å². The van der Waals surface area contributed by atoms with Crippen molar-refractivity contribution in [1.29, 1.82) is 0 Å². The van der Waals surface area contributed by atoms with Gasteiger partial charge >= 0.3 is 5.97 Å². The molecule has 0 N–H and O–H groups in total. The molecule has 0 fully saturated rings. The topological polar surface area (TPSA) is 74.1 Å². The Kier molecular flexibility index (Phi) is 2.73. The zero-order valence-electron chi connectivity index (χ0n) is 7.35. The highest BCUT2D eigenvalue weighted by Crippen LogP contribution is 1.95. The molecule has 0 atom stereocenters. The minimum atomic E-state index is -0.560. The lowest BCUT2D eigenvalue weighted by molar-refractivity contribution is -0.117. The summed E-state index contributed by atoms with van der Waals surface area (Å²) >= 11 is 0. The van der Waals surface area contributed by atoms with Crippen molar-refractivity contribution in [3.05, 3.63) is 11.9 Å². The van der Waals surface area contributed by atoms with E-state index < -0.39 is 5.97 Å². The van der Waals surface area contributed by atoms with Gasteiger partial charge in [-0.3, -0.25) is 4.79 Å².